The maximum Gasteiger partial charge on any atom is 0.243 e. The van der Waals surface area contributed by atoms with Gasteiger partial charge >= 0.3 is 0 Å². The van der Waals surface area contributed by atoms with Crippen LogP contribution in [0.3, 0.4) is 0 Å². The van der Waals surface area contributed by atoms with Crippen molar-refractivity contribution >= 4 is 15.8 Å². The van der Waals surface area contributed by atoms with E-state index in [0.717, 1.165) is 6.42 Å². The Morgan fingerprint density at radius 3 is 2.67 bits per heavy atom. The summed E-state index contributed by atoms with van der Waals surface area (Å²) in [5.41, 5.74) is 0.471. The molecule has 1 aromatic carbocycles. The van der Waals surface area contributed by atoms with E-state index in [9.17, 15) is 13.2 Å². The number of ketones is 1. The van der Waals surface area contributed by atoms with E-state index in [1.165, 1.54) is 6.07 Å². The zero-order valence-corrected chi connectivity index (χ0v) is 13.7. The van der Waals surface area contributed by atoms with Crippen LogP contribution in [0.4, 0.5) is 0 Å². The number of hydrogen-bond acceptors (Lipinski definition) is 3. The minimum Gasteiger partial charge on any atom is -0.294 e. The molecule has 1 atom stereocenters. The van der Waals surface area contributed by atoms with Crippen molar-refractivity contribution in [3.63, 3.8) is 0 Å². The Kier molecular flexibility index (Phi) is 4.84. The molecule has 116 valence electrons. The van der Waals surface area contributed by atoms with Crippen molar-refractivity contribution in [2.45, 2.75) is 38.5 Å². The Hall–Kier alpha value is -1.20. The van der Waals surface area contributed by atoms with Gasteiger partial charge in [-0.3, -0.25) is 4.79 Å². The number of nitrogens with zero attached hydrogens (tertiary/aromatic N) is 1. The highest BCUT2D eigenvalue weighted by molar-refractivity contribution is 7.89. The highest BCUT2D eigenvalue weighted by Crippen LogP contribution is 2.28. The second-order valence-electron chi connectivity index (χ2n) is 5.96. The van der Waals surface area contributed by atoms with E-state index in [-0.39, 0.29) is 10.7 Å². The first kappa shape index (κ1) is 16.2. The fourth-order valence-corrected chi connectivity index (χ4v) is 4.26. The van der Waals surface area contributed by atoms with Gasteiger partial charge in [0.1, 0.15) is 0 Å². The molecule has 0 radical (unpaired) electrons. The molecule has 1 heterocycles. The fourth-order valence-electron chi connectivity index (χ4n) is 2.70. The molecular weight excluding hydrogens is 286 g/mol. The summed E-state index contributed by atoms with van der Waals surface area (Å²) in [6, 6.07) is 6.39. The van der Waals surface area contributed by atoms with Crippen LogP contribution in [0.1, 0.15) is 44.0 Å². The van der Waals surface area contributed by atoms with Crippen molar-refractivity contribution in [2.24, 2.45) is 11.8 Å². The van der Waals surface area contributed by atoms with Gasteiger partial charge in [-0.25, -0.2) is 8.42 Å². The second kappa shape index (κ2) is 6.28. The van der Waals surface area contributed by atoms with E-state index in [4.69, 9.17) is 0 Å². The van der Waals surface area contributed by atoms with E-state index in [1.807, 2.05) is 0 Å². The average molecular weight is 309 g/mol. The van der Waals surface area contributed by atoms with Crippen molar-refractivity contribution in [2.75, 3.05) is 13.1 Å². The largest absolute Gasteiger partial charge is 0.294 e. The Balaban J connectivity index is 2.26. The fraction of sp³-hybridized carbons (Fsp3) is 0.562. The molecule has 0 aliphatic carbocycles. The molecule has 0 spiro atoms. The summed E-state index contributed by atoms with van der Waals surface area (Å²) >= 11 is 0. The topological polar surface area (TPSA) is 54.5 Å². The Labute approximate surface area is 127 Å². The SMILES string of the molecule is CCC(=O)c1cccc(S(=O)(=O)N2CCC(C(C)C)C2)c1. The predicted octanol–water partition coefficient (Wildman–Crippen LogP) is 2.95. The number of carbonyl (C=O) groups is 1. The third kappa shape index (κ3) is 3.35. The molecule has 1 aliphatic rings. The molecule has 1 fully saturated rings. The van der Waals surface area contributed by atoms with E-state index in [0.29, 0.717) is 36.9 Å². The molecule has 1 aliphatic heterocycles. The molecule has 21 heavy (non-hydrogen) atoms. The molecule has 1 aromatic rings. The van der Waals surface area contributed by atoms with Gasteiger partial charge in [0.2, 0.25) is 10.0 Å². The van der Waals surface area contributed by atoms with Crippen LogP contribution in [0.25, 0.3) is 0 Å². The van der Waals surface area contributed by atoms with Gasteiger partial charge in [0.05, 0.1) is 4.90 Å². The minimum atomic E-state index is -3.49. The van der Waals surface area contributed by atoms with Crippen molar-refractivity contribution in [3.8, 4) is 0 Å². The number of Topliss-reactive ketones (excluding diaryl/α,β-unsaturated/α-hetero) is 1. The summed E-state index contributed by atoms with van der Waals surface area (Å²) in [4.78, 5) is 12.0. The molecule has 1 unspecified atom stereocenters. The molecule has 0 N–H and O–H groups in total. The number of hydrogen-bond donors (Lipinski definition) is 0. The van der Waals surface area contributed by atoms with Gasteiger partial charge in [0.15, 0.2) is 5.78 Å². The van der Waals surface area contributed by atoms with Crippen LogP contribution >= 0.6 is 0 Å². The van der Waals surface area contributed by atoms with Crippen LogP contribution in [0.15, 0.2) is 29.2 Å². The second-order valence-corrected chi connectivity index (χ2v) is 7.90. The van der Waals surface area contributed by atoms with Crippen LogP contribution in [0, 0.1) is 11.8 Å². The third-order valence-electron chi connectivity index (χ3n) is 4.25. The van der Waals surface area contributed by atoms with Crippen LogP contribution in [-0.4, -0.2) is 31.6 Å². The molecule has 2 rings (SSSR count). The minimum absolute atomic E-state index is 0.0338. The summed E-state index contributed by atoms with van der Waals surface area (Å²) in [6.07, 6.45) is 1.28. The number of carbonyl (C=O) groups excluding carboxylic acids is 1. The standard InChI is InChI=1S/C16H23NO3S/c1-4-16(18)13-6-5-7-15(10-13)21(19,20)17-9-8-14(11-17)12(2)3/h5-7,10,12,14H,4,8-9,11H2,1-3H3. The zero-order valence-electron chi connectivity index (χ0n) is 12.9. The lowest BCUT2D eigenvalue weighted by molar-refractivity contribution is 0.0988. The molecule has 0 saturated carbocycles. The van der Waals surface area contributed by atoms with Crippen molar-refractivity contribution in [1.82, 2.24) is 4.31 Å². The van der Waals surface area contributed by atoms with E-state index in [2.05, 4.69) is 13.8 Å². The quantitative estimate of drug-likeness (QED) is 0.786. The van der Waals surface area contributed by atoms with Crippen LogP contribution in [-0.2, 0) is 10.0 Å². The summed E-state index contributed by atoms with van der Waals surface area (Å²) in [7, 11) is -3.49. The Bertz CT molecular complexity index is 622. The number of benzene rings is 1. The highest BCUT2D eigenvalue weighted by atomic mass is 32.2. The molecule has 4 nitrogen and oxygen atoms in total. The number of sulfonamides is 1. The maximum atomic E-state index is 12.7. The van der Waals surface area contributed by atoms with Gasteiger partial charge < -0.3 is 0 Å². The third-order valence-corrected chi connectivity index (χ3v) is 6.11. The lowest BCUT2D eigenvalue weighted by Gasteiger charge is -2.18. The van der Waals surface area contributed by atoms with Gasteiger partial charge in [-0.2, -0.15) is 4.31 Å². The van der Waals surface area contributed by atoms with E-state index in [1.54, 1.807) is 29.4 Å². The molecule has 5 heteroatoms. The Morgan fingerprint density at radius 2 is 2.10 bits per heavy atom. The molecule has 1 saturated heterocycles. The van der Waals surface area contributed by atoms with Gasteiger partial charge in [-0.15, -0.1) is 0 Å². The summed E-state index contributed by atoms with van der Waals surface area (Å²) in [5.74, 6) is 0.868. The van der Waals surface area contributed by atoms with E-state index >= 15 is 0 Å². The number of rotatable bonds is 5. The van der Waals surface area contributed by atoms with Gasteiger partial charge in [0.25, 0.3) is 0 Å². The monoisotopic (exact) mass is 309 g/mol. The normalized spacial score (nSPS) is 20.1. The molecular formula is C16H23NO3S. The van der Waals surface area contributed by atoms with Gasteiger partial charge in [-0.05, 0) is 30.4 Å². The molecule has 0 aromatic heterocycles. The first-order chi connectivity index (χ1) is 9.86. The average Bonchev–Trinajstić information content (AvgIpc) is 2.97. The summed E-state index contributed by atoms with van der Waals surface area (Å²) in [5, 5.41) is 0. The maximum absolute atomic E-state index is 12.7. The highest BCUT2D eigenvalue weighted by Gasteiger charge is 2.33. The van der Waals surface area contributed by atoms with Crippen LogP contribution in [0.5, 0.6) is 0 Å². The van der Waals surface area contributed by atoms with Gasteiger partial charge in [-0.1, -0.05) is 32.9 Å². The van der Waals surface area contributed by atoms with Gasteiger partial charge in [0, 0.05) is 25.1 Å². The smallest absolute Gasteiger partial charge is 0.243 e. The van der Waals surface area contributed by atoms with E-state index < -0.39 is 10.0 Å². The predicted molar refractivity (Wildman–Crippen MR) is 82.8 cm³/mol. The van der Waals surface area contributed by atoms with Crippen molar-refractivity contribution in [3.05, 3.63) is 29.8 Å². The first-order valence-electron chi connectivity index (χ1n) is 7.49. The first-order valence-corrected chi connectivity index (χ1v) is 8.93. The van der Waals surface area contributed by atoms with Crippen molar-refractivity contribution < 1.29 is 13.2 Å². The summed E-state index contributed by atoms with van der Waals surface area (Å²) < 4.78 is 26.9. The molecule has 0 amide bonds. The zero-order chi connectivity index (χ0) is 15.6. The lowest BCUT2D eigenvalue weighted by atomic mass is 9.96. The van der Waals surface area contributed by atoms with Crippen LogP contribution in [0.2, 0.25) is 0 Å². The van der Waals surface area contributed by atoms with Crippen LogP contribution < -0.4 is 0 Å². The van der Waals surface area contributed by atoms with Crippen molar-refractivity contribution in [1.29, 1.82) is 0 Å². The summed E-state index contributed by atoms with van der Waals surface area (Å²) in [6.45, 7) is 7.17. The Morgan fingerprint density at radius 1 is 1.38 bits per heavy atom. The molecule has 0 bridgehead atoms. The lowest BCUT2D eigenvalue weighted by Crippen LogP contribution is -2.29.